The molecule has 0 aliphatic carbocycles. The highest BCUT2D eigenvalue weighted by molar-refractivity contribution is 9.10. The number of pyridine rings is 1. The van der Waals surface area contributed by atoms with Gasteiger partial charge < -0.3 is 4.74 Å². The lowest BCUT2D eigenvalue weighted by Gasteiger charge is -2.08. The Kier molecular flexibility index (Phi) is 4.85. The van der Waals surface area contributed by atoms with Gasteiger partial charge in [0.05, 0.1) is 11.1 Å². The summed E-state index contributed by atoms with van der Waals surface area (Å²) in [6, 6.07) is 14.4. The van der Waals surface area contributed by atoms with Crippen molar-refractivity contribution in [2.45, 2.75) is 0 Å². The molecule has 1 aromatic heterocycles. The number of nitrogens with zero attached hydrogens (tertiary/aromatic N) is 2. The number of halogens is 1. The molecular formula is C18H11BrN2O4. The number of aromatic nitrogens is 1. The van der Waals surface area contributed by atoms with Gasteiger partial charge in [0.25, 0.3) is 0 Å². The molecule has 124 valence electrons. The molecule has 0 saturated heterocycles. The lowest BCUT2D eigenvalue weighted by Crippen LogP contribution is -2.03. The summed E-state index contributed by atoms with van der Waals surface area (Å²) in [5.74, 6) is 0.0912. The fourth-order valence-electron chi connectivity index (χ4n) is 2.22. The molecule has 0 aliphatic heterocycles. The summed E-state index contributed by atoms with van der Waals surface area (Å²) in [5.41, 5.74) is 0.390. The van der Waals surface area contributed by atoms with Crippen LogP contribution < -0.4 is 4.74 Å². The summed E-state index contributed by atoms with van der Waals surface area (Å²) in [4.78, 5) is 27.2. The van der Waals surface area contributed by atoms with Gasteiger partial charge >= 0.3 is 5.69 Å². The van der Waals surface area contributed by atoms with Gasteiger partial charge in [-0.05, 0) is 34.1 Å². The summed E-state index contributed by atoms with van der Waals surface area (Å²) >= 11 is 3.26. The van der Waals surface area contributed by atoms with Gasteiger partial charge in [-0.3, -0.25) is 19.9 Å². The van der Waals surface area contributed by atoms with E-state index >= 15 is 0 Å². The molecule has 0 amide bonds. The Hall–Kier alpha value is -3.06. The first-order valence-corrected chi connectivity index (χ1v) is 8.00. The summed E-state index contributed by atoms with van der Waals surface area (Å²) in [5, 5.41) is 11.4. The summed E-state index contributed by atoms with van der Waals surface area (Å²) in [7, 11) is 0. The van der Waals surface area contributed by atoms with Gasteiger partial charge in [0.15, 0.2) is 5.78 Å². The Balaban J connectivity index is 1.96. The largest absolute Gasteiger partial charge is 0.448 e. The first-order valence-electron chi connectivity index (χ1n) is 7.21. The lowest BCUT2D eigenvalue weighted by molar-refractivity contribution is -0.385. The van der Waals surface area contributed by atoms with Gasteiger partial charge in [-0.1, -0.05) is 30.3 Å². The summed E-state index contributed by atoms with van der Waals surface area (Å²) < 4.78 is 6.23. The SMILES string of the molecule is O=C(c1ccccc1)c1ccc(Oc2cncc(Br)c2)c([N+](=O)[O-])c1. The van der Waals surface area contributed by atoms with Crippen molar-refractivity contribution in [1.82, 2.24) is 4.98 Å². The van der Waals surface area contributed by atoms with E-state index in [1.54, 1.807) is 42.6 Å². The zero-order chi connectivity index (χ0) is 17.8. The zero-order valence-electron chi connectivity index (χ0n) is 12.8. The van der Waals surface area contributed by atoms with E-state index < -0.39 is 4.92 Å². The van der Waals surface area contributed by atoms with Crippen LogP contribution >= 0.6 is 15.9 Å². The van der Waals surface area contributed by atoms with Crippen molar-refractivity contribution in [3.8, 4) is 11.5 Å². The van der Waals surface area contributed by atoms with Crippen molar-refractivity contribution < 1.29 is 14.5 Å². The molecule has 0 atom stereocenters. The highest BCUT2D eigenvalue weighted by Gasteiger charge is 2.20. The van der Waals surface area contributed by atoms with Crippen LogP contribution in [0.2, 0.25) is 0 Å². The number of carbonyl (C=O) groups excluding carboxylic acids is 1. The minimum atomic E-state index is -0.581. The first-order chi connectivity index (χ1) is 12.0. The fraction of sp³-hybridized carbons (Fsp3) is 0. The maximum Gasteiger partial charge on any atom is 0.312 e. The topological polar surface area (TPSA) is 82.3 Å². The number of benzene rings is 2. The van der Waals surface area contributed by atoms with Gasteiger partial charge in [-0.25, -0.2) is 0 Å². The van der Waals surface area contributed by atoms with Crippen molar-refractivity contribution in [1.29, 1.82) is 0 Å². The standard InChI is InChI=1S/C18H11BrN2O4/c19-14-9-15(11-20-10-14)25-17-7-6-13(8-16(17)21(23)24)18(22)12-4-2-1-3-5-12/h1-11H. The van der Waals surface area contributed by atoms with Gasteiger partial charge in [-0.15, -0.1) is 0 Å². The molecule has 0 radical (unpaired) electrons. The maximum absolute atomic E-state index is 12.5. The molecule has 2 aromatic carbocycles. The second-order valence-corrected chi connectivity index (χ2v) is 5.99. The Morgan fingerprint density at radius 2 is 1.80 bits per heavy atom. The Labute approximate surface area is 151 Å². The minimum Gasteiger partial charge on any atom is -0.448 e. The average molecular weight is 399 g/mol. The van der Waals surface area contributed by atoms with Crippen LogP contribution in [0.25, 0.3) is 0 Å². The highest BCUT2D eigenvalue weighted by Crippen LogP contribution is 2.33. The smallest absolute Gasteiger partial charge is 0.312 e. The highest BCUT2D eigenvalue weighted by atomic mass is 79.9. The minimum absolute atomic E-state index is 0.0366. The van der Waals surface area contributed by atoms with E-state index in [4.69, 9.17) is 4.74 Å². The number of nitro benzene ring substituents is 1. The van der Waals surface area contributed by atoms with E-state index in [9.17, 15) is 14.9 Å². The molecule has 0 saturated carbocycles. The maximum atomic E-state index is 12.5. The third-order valence-electron chi connectivity index (χ3n) is 3.36. The van der Waals surface area contributed by atoms with Crippen LogP contribution in [0, 0.1) is 10.1 Å². The van der Waals surface area contributed by atoms with Crippen LogP contribution in [-0.4, -0.2) is 15.7 Å². The van der Waals surface area contributed by atoms with Crippen molar-refractivity contribution in [2.75, 3.05) is 0 Å². The first kappa shape index (κ1) is 16.8. The molecule has 7 heteroatoms. The number of hydrogen-bond acceptors (Lipinski definition) is 5. The molecule has 1 heterocycles. The Morgan fingerprint density at radius 1 is 1.04 bits per heavy atom. The number of rotatable bonds is 5. The van der Waals surface area contributed by atoms with Crippen molar-refractivity contribution in [3.63, 3.8) is 0 Å². The van der Waals surface area contributed by atoms with Crippen molar-refractivity contribution >= 4 is 27.4 Å². The molecule has 0 aliphatic rings. The Morgan fingerprint density at radius 3 is 2.48 bits per heavy atom. The molecule has 0 unspecified atom stereocenters. The molecule has 0 N–H and O–H groups in total. The molecular weight excluding hydrogens is 388 g/mol. The number of hydrogen-bond donors (Lipinski definition) is 0. The van der Waals surface area contributed by atoms with Crippen LogP contribution in [0.4, 0.5) is 5.69 Å². The average Bonchev–Trinajstić information content (AvgIpc) is 2.62. The second kappa shape index (κ2) is 7.23. The zero-order valence-corrected chi connectivity index (χ0v) is 14.3. The quantitative estimate of drug-likeness (QED) is 0.351. The molecule has 0 spiro atoms. The number of ketones is 1. The predicted molar refractivity (Wildman–Crippen MR) is 95.0 cm³/mol. The van der Waals surface area contributed by atoms with E-state index in [1.165, 1.54) is 24.4 Å². The normalized spacial score (nSPS) is 10.3. The molecule has 3 rings (SSSR count). The van der Waals surface area contributed by atoms with E-state index in [0.29, 0.717) is 15.8 Å². The number of nitro groups is 1. The van der Waals surface area contributed by atoms with Crippen LogP contribution in [0.5, 0.6) is 11.5 Å². The van der Waals surface area contributed by atoms with E-state index in [-0.39, 0.29) is 22.8 Å². The lowest BCUT2D eigenvalue weighted by atomic mass is 10.0. The van der Waals surface area contributed by atoms with Crippen LogP contribution in [-0.2, 0) is 0 Å². The van der Waals surface area contributed by atoms with Crippen LogP contribution in [0.3, 0.4) is 0 Å². The van der Waals surface area contributed by atoms with Gasteiger partial charge in [0.2, 0.25) is 5.75 Å². The molecule has 6 nitrogen and oxygen atoms in total. The van der Waals surface area contributed by atoms with Crippen molar-refractivity contribution in [3.05, 3.63) is 92.7 Å². The van der Waals surface area contributed by atoms with Gasteiger partial charge in [0, 0.05) is 27.9 Å². The number of carbonyl (C=O) groups is 1. The predicted octanol–water partition coefficient (Wildman–Crippen LogP) is 4.78. The van der Waals surface area contributed by atoms with E-state index in [2.05, 4.69) is 20.9 Å². The Bertz CT molecular complexity index is 945. The third-order valence-corrected chi connectivity index (χ3v) is 3.80. The number of ether oxygens (including phenoxy) is 1. The van der Waals surface area contributed by atoms with Crippen LogP contribution in [0.15, 0.2) is 71.5 Å². The summed E-state index contributed by atoms with van der Waals surface area (Å²) in [6.07, 6.45) is 3.01. The molecule has 0 bridgehead atoms. The molecule has 0 fully saturated rings. The fourth-order valence-corrected chi connectivity index (χ4v) is 2.56. The van der Waals surface area contributed by atoms with E-state index in [1.807, 2.05) is 0 Å². The van der Waals surface area contributed by atoms with Crippen LogP contribution in [0.1, 0.15) is 15.9 Å². The monoisotopic (exact) mass is 398 g/mol. The van der Waals surface area contributed by atoms with Gasteiger partial charge in [-0.2, -0.15) is 0 Å². The van der Waals surface area contributed by atoms with Gasteiger partial charge in [0.1, 0.15) is 5.75 Å². The van der Waals surface area contributed by atoms with E-state index in [0.717, 1.165) is 0 Å². The molecule has 3 aromatic rings. The summed E-state index contributed by atoms with van der Waals surface area (Å²) in [6.45, 7) is 0. The molecule has 25 heavy (non-hydrogen) atoms. The second-order valence-electron chi connectivity index (χ2n) is 5.08. The van der Waals surface area contributed by atoms with Crippen molar-refractivity contribution in [2.24, 2.45) is 0 Å². The third kappa shape index (κ3) is 3.89.